The van der Waals surface area contributed by atoms with E-state index in [1.165, 1.54) is 6.08 Å². The highest BCUT2D eigenvalue weighted by Gasteiger charge is 2.09. The number of hydrogen-bond donors (Lipinski definition) is 0. The normalized spacial score (nSPS) is 10.9. The summed E-state index contributed by atoms with van der Waals surface area (Å²) in [5.74, 6) is -0.627. The summed E-state index contributed by atoms with van der Waals surface area (Å²) < 4.78 is 4.70. The summed E-state index contributed by atoms with van der Waals surface area (Å²) in [4.78, 5) is 25.8. The Balaban J connectivity index is 2.87. The van der Waals surface area contributed by atoms with Crippen LogP contribution in [0.15, 0.2) is 30.0 Å². The molecule has 0 bridgehead atoms. The van der Waals surface area contributed by atoms with Crippen molar-refractivity contribution in [2.45, 2.75) is 6.92 Å². The molecule has 0 fully saturated rings. The van der Waals surface area contributed by atoms with E-state index in [0.29, 0.717) is 12.0 Å². The third kappa shape index (κ3) is 3.34. The molecule has 15 heavy (non-hydrogen) atoms. The standard InChI is InChI=1S/C11H11NO3/c1-2-15-11(14)9(8-13)7-10-5-3-4-6-12-10/h3-8H,2H2,1H3/b9-7+. The van der Waals surface area contributed by atoms with E-state index in [4.69, 9.17) is 4.74 Å². The summed E-state index contributed by atoms with van der Waals surface area (Å²) in [7, 11) is 0. The fourth-order valence-corrected chi connectivity index (χ4v) is 0.976. The minimum Gasteiger partial charge on any atom is -0.462 e. The number of aldehydes is 1. The molecule has 0 unspecified atom stereocenters. The van der Waals surface area contributed by atoms with Gasteiger partial charge >= 0.3 is 5.97 Å². The molecule has 0 saturated carbocycles. The Labute approximate surface area is 87.6 Å². The third-order valence-corrected chi connectivity index (χ3v) is 1.63. The van der Waals surface area contributed by atoms with Crippen LogP contribution in [0.2, 0.25) is 0 Å². The molecule has 1 aromatic heterocycles. The number of hydrogen-bond acceptors (Lipinski definition) is 4. The average molecular weight is 205 g/mol. The van der Waals surface area contributed by atoms with Gasteiger partial charge in [0, 0.05) is 6.20 Å². The highest BCUT2D eigenvalue weighted by atomic mass is 16.5. The van der Waals surface area contributed by atoms with Gasteiger partial charge in [-0.1, -0.05) is 6.07 Å². The van der Waals surface area contributed by atoms with Crippen LogP contribution in [0.3, 0.4) is 0 Å². The summed E-state index contributed by atoms with van der Waals surface area (Å²) in [5, 5.41) is 0. The van der Waals surface area contributed by atoms with Crippen molar-refractivity contribution in [3.8, 4) is 0 Å². The minimum absolute atomic E-state index is 0.0319. The molecule has 1 heterocycles. The highest BCUT2D eigenvalue weighted by molar-refractivity contribution is 6.11. The second kappa shape index (κ2) is 5.70. The predicted octanol–water partition coefficient (Wildman–Crippen LogP) is 1.23. The molecule has 0 aliphatic rings. The molecule has 0 aromatic carbocycles. The van der Waals surface area contributed by atoms with Crippen molar-refractivity contribution in [2.24, 2.45) is 0 Å². The van der Waals surface area contributed by atoms with E-state index in [0.717, 1.165) is 0 Å². The van der Waals surface area contributed by atoms with Crippen molar-refractivity contribution >= 4 is 18.3 Å². The molecular formula is C11H11NO3. The average Bonchev–Trinajstić information content (AvgIpc) is 2.27. The zero-order chi connectivity index (χ0) is 11.1. The van der Waals surface area contributed by atoms with Crippen molar-refractivity contribution in [2.75, 3.05) is 6.61 Å². The zero-order valence-electron chi connectivity index (χ0n) is 8.34. The van der Waals surface area contributed by atoms with E-state index < -0.39 is 5.97 Å². The molecule has 0 saturated heterocycles. The fourth-order valence-electron chi connectivity index (χ4n) is 0.976. The second-order valence-electron chi connectivity index (χ2n) is 2.69. The summed E-state index contributed by atoms with van der Waals surface area (Å²) >= 11 is 0. The Morgan fingerprint density at radius 2 is 2.33 bits per heavy atom. The first-order valence-electron chi connectivity index (χ1n) is 4.53. The van der Waals surface area contributed by atoms with Gasteiger partial charge in [0.25, 0.3) is 0 Å². The summed E-state index contributed by atoms with van der Waals surface area (Å²) in [6.07, 6.45) is 3.44. The topological polar surface area (TPSA) is 56.3 Å². The number of rotatable bonds is 4. The monoisotopic (exact) mass is 205 g/mol. The van der Waals surface area contributed by atoms with Crippen LogP contribution in [0, 0.1) is 0 Å². The van der Waals surface area contributed by atoms with Gasteiger partial charge in [-0.25, -0.2) is 4.79 Å². The van der Waals surface area contributed by atoms with Crippen molar-refractivity contribution in [3.63, 3.8) is 0 Å². The molecule has 0 radical (unpaired) electrons. The lowest BCUT2D eigenvalue weighted by molar-refractivity contribution is -0.138. The van der Waals surface area contributed by atoms with Crippen LogP contribution < -0.4 is 0 Å². The van der Waals surface area contributed by atoms with E-state index in [2.05, 4.69) is 4.98 Å². The molecule has 0 aliphatic heterocycles. The van der Waals surface area contributed by atoms with Gasteiger partial charge in [0.05, 0.1) is 12.3 Å². The van der Waals surface area contributed by atoms with Gasteiger partial charge in [0.2, 0.25) is 0 Å². The molecule has 0 amide bonds. The Bertz CT molecular complexity index is 371. The lowest BCUT2D eigenvalue weighted by Gasteiger charge is -1.99. The number of nitrogens with zero attached hydrogens (tertiary/aromatic N) is 1. The molecule has 0 N–H and O–H groups in total. The number of carbonyl (C=O) groups excluding carboxylic acids is 2. The molecule has 1 aromatic rings. The Hall–Kier alpha value is -1.97. The quantitative estimate of drug-likeness (QED) is 0.244. The van der Waals surface area contributed by atoms with Gasteiger partial charge in [-0.2, -0.15) is 0 Å². The molecule has 1 rings (SSSR count). The maximum atomic E-state index is 11.2. The van der Waals surface area contributed by atoms with E-state index in [-0.39, 0.29) is 12.2 Å². The van der Waals surface area contributed by atoms with E-state index in [1.54, 1.807) is 31.3 Å². The molecule has 0 aliphatic carbocycles. The van der Waals surface area contributed by atoms with Crippen LogP contribution in [-0.2, 0) is 14.3 Å². The third-order valence-electron chi connectivity index (χ3n) is 1.63. The van der Waals surface area contributed by atoms with Crippen LogP contribution in [0.5, 0.6) is 0 Å². The second-order valence-corrected chi connectivity index (χ2v) is 2.69. The lowest BCUT2D eigenvalue weighted by Crippen LogP contribution is -2.08. The maximum absolute atomic E-state index is 11.2. The van der Waals surface area contributed by atoms with Gasteiger partial charge in [-0.05, 0) is 25.1 Å². The molecule has 0 spiro atoms. The first kappa shape index (κ1) is 11.1. The SMILES string of the molecule is CCOC(=O)/C(C=O)=C/c1ccccn1. The van der Waals surface area contributed by atoms with Gasteiger partial charge in [-0.3, -0.25) is 9.78 Å². The maximum Gasteiger partial charge on any atom is 0.341 e. The van der Waals surface area contributed by atoms with Crippen molar-refractivity contribution < 1.29 is 14.3 Å². The van der Waals surface area contributed by atoms with Gasteiger partial charge in [0.15, 0.2) is 6.29 Å². The van der Waals surface area contributed by atoms with Gasteiger partial charge in [-0.15, -0.1) is 0 Å². The van der Waals surface area contributed by atoms with E-state index in [1.807, 2.05) is 0 Å². The van der Waals surface area contributed by atoms with Crippen LogP contribution in [-0.4, -0.2) is 23.8 Å². The summed E-state index contributed by atoms with van der Waals surface area (Å²) in [5.41, 5.74) is 0.517. The summed E-state index contributed by atoms with van der Waals surface area (Å²) in [6.45, 7) is 1.92. The van der Waals surface area contributed by atoms with Crippen molar-refractivity contribution in [1.29, 1.82) is 0 Å². The Kier molecular flexibility index (Phi) is 4.22. The van der Waals surface area contributed by atoms with Crippen molar-refractivity contribution in [1.82, 2.24) is 4.98 Å². The number of pyridine rings is 1. The number of esters is 1. The van der Waals surface area contributed by atoms with Gasteiger partial charge < -0.3 is 4.74 Å². The number of aromatic nitrogens is 1. The molecular weight excluding hydrogens is 194 g/mol. The zero-order valence-corrected chi connectivity index (χ0v) is 8.34. The first-order chi connectivity index (χ1) is 7.27. The number of ether oxygens (including phenoxy) is 1. The molecule has 4 heteroatoms. The fraction of sp³-hybridized carbons (Fsp3) is 0.182. The van der Waals surface area contributed by atoms with Crippen molar-refractivity contribution in [3.05, 3.63) is 35.7 Å². The first-order valence-corrected chi connectivity index (χ1v) is 4.53. The predicted molar refractivity (Wildman–Crippen MR) is 54.9 cm³/mol. The minimum atomic E-state index is -0.627. The van der Waals surface area contributed by atoms with Crippen LogP contribution in [0.4, 0.5) is 0 Å². The summed E-state index contributed by atoms with van der Waals surface area (Å²) in [6, 6.07) is 5.22. The lowest BCUT2D eigenvalue weighted by atomic mass is 10.2. The highest BCUT2D eigenvalue weighted by Crippen LogP contribution is 2.03. The van der Waals surface area contributed by atoms with Crippen LogP contribution in [0.25, 0.3) is 6.08 Å². The molecule has 4 nitrogen and oxygen atoms in total. The number of carbonyl (C=O) groups is 2. The van der Waals surface area contributed by atoms with Crippen LogP contribution >= 0.6 is 0 Å². The van der Waals surface area contributed by atoms with Crippen LogP contribution in [0.1, 0.15) is 12.6 Å². The smallest absolute Gasteiger partial charge is 0.341 e. The van der Waals surface area contributed by atoms with E-state index >= 15 is 0 Å². The molecule has 78 valence electrons. The Morgan fingerprint density at radius 3 is 2.87 bits per heavy atom. The Morgan fingerprint density at radius 1 is 1.53 bits per heavy atom. The molecule has 0 atom stereocenters. The van der Waals surface area contributed by atoms with E-state index in [9.17, 15) is 9.59 Å². The van der Waals surface area contributed by atoms with Gasteiger partial charge in [0.1, 0.15) is 5.57 Å². The largest absolute Gasteiger partial charge is 0.462 e.